The van der Waals surface area contributed by atoms with Gasteiger partial charge in [0.15, 0.2) is 17.9 Å². The molecule has 0 aromatic heterocycles. The van der Waals surface area contributed by atoms with Crippen LogP contribution in [0.4, 0.5) is 4.39 Å². The molecule has 12 heavy (non-hydrogen) atoms. The predicted molar refractivity (Wildman–Crippen MR) is 48.7 cm³/mol. The third-order valence-corrected chi connectivity index (χ3v) is 1.33. The van der Waals surface area contributed by atoms with Crippen LogP contribution in [-0.4, -0.2) is 13.4 Å². The molecule has 0 heterocycles. The summed E-state index contributed by atoms with van der Waals surface area (Å²) >= 11 is 0. The van der Waals surface area contributed by atoms with Crippen molar-refractivity contribution in [3.8, 4) is 5.75 Å². The van der Waals surface area contributed by atoms with Gasteiger partial charge in [0.1, 0.15) is 0 Å². The summed E-state index contributed by atoms with van der Waals surface area (Å²) in [5, 5.41) is 0. The van der Waals surface area contributed by atoms with Crippen molar-refractivity contribution in [1.29, 1.82) is 0 Å². The number of para-hydroxylation sites is 1. The number of carbonyl (C=O) groups is 1. The Morgan fingerprint density at radius 3 is 2.58 bits per heavy atom. The minimum atomic E-state index is -0.517. The Balaban J connectivity index is 0.00000121. The van der Waals surface area contributed by atoms with Gasteiger partial charge in [0, 0.05) is 0 Å². The van der Waals surface area contributed by atoms with E-state index < -0.39 is 5.82 Å². The monoisotopic (exact) mass is 234 g/mol. The molecule has 4 heteroatoms. The van der Waals surface area contributed by atoms with Crippen molar-refractivity contribution in [2.75, 3.05) is 7.11 Å². The first-order valence-corrected chi connectivity index (χ1v) is 3.07. The smallest absolute Gasteiger partial charge is 0.165 e. The first kappa shape index (κ1) is 11.1. The minimum Gasteiger partial charge on any atom is -0.493 e. The van der Waals surface area contributed by atoms with Crippen molar-refractivity contribution < 1.29 is 13.9 Å². The number of hydrogen-bond acceptors (Lipinski definition) is 2. The summed E-state index contributed by atoms with van der Waals surface area (Å²) in [7, 11) is 1.32. The van der Waals surface area contributed by atoms with Crippen LogP contribution in [0.1, 0.15) is 10.4 Å². The van der Waals surface area contributed by atoms with Gasteiger partial charge in [-0.25, -0.2) is 4.39 Å². The van der Waals surface area contributed by atoms with Crippen LogP contribution in [-0.2, 0) is 0 Å². The minimum absolute atomic E-state index is 0. The standard InChI is InChI=1S/C8H7FO2.BrH/c1-11-8-6(5-10)3-2-4-7(8)9;/h2-5H,1H3;1H. The van der Waals surface area contributed by atoms with Gasteiger partial charge in [-0.3, -0.25) is 4.79 Å². The maximum atomic E-state index is 12.8. The van der Waals surface area contributed by atoms with Crippen LogP contribution < -0.4 is 4.74 Å². The molecule has 1 aromatic carbocycles. The molecule has 0 aliphatic rings. The molecule has 0 N–H and O–H groups in total. The molecular weight excluding hydrogens is 227 g/mol. The fraction of sp³-hybridized carbons (Fsp3) is 0.125. The Kier molecular flexibility index (Phi) is 4.51. The van der Waals surface area contributed by atoms with Crippen molar-refractivity contribution in [3.63, 3.8) is 0 Å². The van der Waals surface area contributed by atoms with Gasteiger partial charge < -0.3 is 4.74 Å². The first-order chi connectivity index (χ1) is 5.29. The van der Waals surface area contributed by atoms with E-state index in [1.165, 1.54) is 25.3 Å². The van der Waals surface area contributed by atoms with Crippen molar-refractivity contribution in [2.24, 2.45) is 0 Å². The van der Waals surface area contributed by atoms with Crippen LogP contribution in [0.15, 0.2) is 18.2 Å². The van der Waals surface area contributed by atoms with E-state index in [0.717, 1.165) is 0 Å². The maximum absolute atomic E-state index is 12.8. The van der Waals surface area contributed by atoms with E-state index in [2.05, 4.69) is 4.74 Å². The molecule has 0 spiro atoms. The highest BCUT2D eigenvalue weighted by molar-refractivity contribution is 8.93. The summed E-state index contributed by atoms with van der Waals surface area (Å²) in [6.45, 7) is 0. The normalized spacial score (nSPS) is 8.50. The zero-order valence-electron chi connectivity index (χ0n) is 6.41. The molecule has 0 bridgehead atoms. The van der Waals surface area contributed by atoms with Gasteiger partial charge in [-0.05, 0) is 12.1 Å². The average Bonchev–Trinajstić information content (AvgIpc) is 2.04. The molecule has 0 atom stereocenters. The largest absolute Gasteiger partial charge is 0.493 e. The van der Waals surface area contributed by atoms with E-state index in [-0.39, 0.29) is 28.3 Å². The Morgan fingerprint density at radius 2 is 2.17 bits per heavy atom. The Hall–Kier alpha value is -0.900. The van der Waals surface area contributed by atoms with Crippen molar-refractivity contribution in [3.05, 3.63) is 29.6 Å². The Morgan fingerprint density at radius 1 is 1.50 bits per heavy atom. The zero-order valence-corrected chi connectivity index (χ0v) is 8.13. The van der Waals surface area contributed by atoms with Crippen molar-refractivity contribution >= 4 is 23.3 Å². The Labute approximate surface area is 80.1 Å². The van der Waals surface area contributed by atoms with Gasteiger partial charge in [-0.1, -0.05) is 6.07 Å². The third kappa shape index (κ3) is 2.04. The first-order valence-electron chi connectivity index (χ1n) is 3.07. The molecule has 1 rings (SSSR count). The van der Waals surface area contributed by atoms with E-state index >= 15 is 0 Å². The van der Waals surface area contributed by atoms with E-state index in [0.29, 0.717) is 6.29 Å². The molecular formula is C8H8BrFO2. The summed E-state index contributed by atoms with van der Waals surface area (Å²) in [4.78, 5) is 10.3. The van der Waals surface area contributed by atoms with Crippen LogP contribution in [0, 0.1) is 5.82 Å². The fourth-order valence-electron chi connectivity index (χ4n) is 0.834. The van der Waals surface area contributed by atoms with Gasteiger partial charge in [-0.15, -0.1) is 17.0 Å². The number of carbonyl (C=O) groups excluding carboxylic acids is 1. The number of halogens is 2. The quantitative estimate of drug-likeness (QED) is 0.734. The molecule has 0 unspecified atom stereocenters. The highest BCUT2D eigenvalue weighted by Gasteiger charge is 2.05. The molecule has 0 amide bonds. The summed E-state index contributed by atoms with van der Waals surface area (Å²) < 4.78 is 17.4. The number of rotatable bonds is 2. The van der Waals surface area contributed by atoms with Gasteiger partial charge in [0.2, 0.25) is 0 Å². The number of aldehydes is 1. The lowest BCUT2D eigenvalue weighted by molar-refractivity contribution is 0.112. The highest BCUT2D eigenvalue weighted by Crippen LogP contribution is 2.19. The van der Waals surface area contributed by atoms with Gasteiger partial charge in [0.25, 0.3) is 0 Å². The average molecular weight is 235 g/mol. The van der Waals surface area contributed by atoms with E-state index in [1.54, 1.807) is 0 Å². The second-order valence-electron chi connectivity index (χ2n) is 1.98. The maximum Gasteiger partial charge on any atom is 0.165 e. The molecule has 2 nitrogen and oxygen atoms in total. The number of hydrogen-bond donors (Lipinski definition) is 0. The van der Waals surface area contributed by atoms with Gasteiger partial charge in [0.05, 0.1) is 12.7 Å². The van der Waals surface area contributed by atoms with Crippen LogP contribution >= 0.6 is 17.0 Å². The number of benzene rings is 1. The van der Waals surface area contributed by atoms with Crippen LogP contribution in [0.2, 0.25) is 0 Å². The summed E-state index contributed by atoms with van der Waals surface area (Å²) in [5.74, 6) is -0.514. The van der Waals surface area contributed by atoms with Gasteiger partial charge in [-0.2, -0.15) is 0 Å². The molecule has 0 saturated heterocycles. The molecule has 0 aliphatic heterocycles. The number of ether oxygens (including phenoxy) is 1. The molecule has 66 valence electrons. The molecule has 1 aromatic rings. The van der Waals surface area contributed by atoms with E-state index in [4.69, 9.17) is 0 Å². The number of methoxy groups -OCH3 is 1. The lowest BCUT2D eigenvalue weighted by Crippen LogP contribution is -1.93. The molecule has 0 fully saturated rings. The predicted octanol–water partition coefficient (Wildman–Crippen LogP) is 2.22. The highest BCUT2D eigenvalue weighted by atomic mass is 79.9. The SMILES string of the molecule is Br.COc1c(F)cccc1C=O. The third-order valence-electron chi connectivity index (χ3n) is 1.33. The van der Waals surface area contributed by atoms with Crippen molar-refractivity contribution in [2.45, 2.75) is 0 Å². The van der Waals surface area contributed by atoms with Crippen LogP contribution in [0.5, 0.6) is 5.75 Å². The molecule has 0 aliphatic carbocycles. The Bertz CT molecular complexity index is 276. The van der Waals surface area contributed by atoms with Crippen molar-refractivity contribution in [1.82, 2.24) is 0 Å². The second kappa shape index (κ2) is 4.87. The van der Waals surface area contributed by atoms with Gasteiger partial charge >= 0.3 is 0 Å². The fourth-order valence-corrected chi connectivity index (χ4v) is 0.834. The summed E-state index contributed by atoms with van der Waals surface area (Å²) in [5.41, 5.74) is 0.229. The zero-order chi connectivity index (χ0) is 8.27. The second-order valence-corrected chi connectivity index (χ2v) is 1.98. The van der Waals surface area contributed by atoms with Crippen LogP contribution in [0.3, 0.4) is 0 Å². The lowest BCUT2D eigenvalue weighted by atomic mass is 10.2. The lowest BCUT2D eigenvalue weighted by Gasteiger charge is -2.02. The van der Waals surface area contributed by atoms with E-state index in [1.807, 2.05) is 0 Å². The summed E-state index contributed by atoms with van der Waals surface area (Å²) in [6, 6.07) is 4.20. The summed E-state index contributed by atoms with van der Waals surface area (Å²) in [6.07, 6.45) is 0.557. The molecule has 0 radical (unpaired) electrons. The molecule has 0 saturated carbocycles. The van der Waals surface area contributed by atoms with E-state index in [9.17, 15) is 9.18 Å². The topological polar surface area (TPSA) is 26.3 Å². The van der Waals surface area contributed by atoms with Crippen LogP contribution in [0.25, 0.3) is 0 Å².